The van der Waals surface area contributed by atoms with E-state index in [0.29, 0.717) is 19.6 Å². The summed E-state index contributed by atoms with van der Waals surface area (Å²) in [6, 6.07) is 5.87. The first-order valence-electron chi connectivity index (χ1n) is 7.80. The summed E-state index contributed by atoms with van der Waals surface area (Å²) in [6.07, 6.45) is 1.11. The van der Waals surface area contributed by atoms with Gasteiger partial charge in [0, 0.05) is 26.6 Å². The molecule has 0 aliphatic carbocycles. The van der Waals surface area contributed by atoms with Gasteiger partial charge in [-0.2, -0.15) is 0 Å². The van der Waals surface area contributed by atoms with Crippen LogP contribution in [0.1, 0.15) is 18.9 Å². The van der Waals surface area contributed by atoms with E-state index in [0.717, 1.165) is 18.5 Å². The Morgan fingerprint density at radius 2 is 1.74 bits per heavy atom. The zero-order chi connectivity index (χ0) is 17.2. The van der Waals surface area contributed by atoms with Gasteiger partial charge >= 0.3 is 0 Å². The molecule has 1 rings (SSSR count). The quantitative estimate of drug-likeness (QED) is 0.745. The van der Waals surface area contributed by atoms with Crippen molar-refractivity contribution in [3.63, 3.8) is 0 Å². The van der Waals surface area contributed by atoms with E-state index in [2.05, 4.69) is 10.2 Å². The van der Waals surface area contributed by atoms with Crippen LogP contribution in [0.3, 0.4) is 0 Å². The van der Waals surface area contributed by atoms with Crippen LogP contribution < -0.4 is 5.32 Å². The summed E-state index contributed by atoms with van der Waals surface area (Å²) in [5.41, 5.74) is 0.762. The summed E-state index contributed by atoms with van der Waals surface area (Å²) in [6.45, 7) is 4.05. The van der Waals surface area contributed by atoms with Crippen molar-refractivity contribution in [2.75, 3.05) is 40.3 Å². The third-order valence-electron chi connectivity index (χ3n) is 3.46. The molecule has 1 N–H and O–H groups in total. The van der Waals surface area contributed by atoms with Gasteiger partial charge in [-0.1, -0.05) is 12.1 Å². The number of halogens is 1. The highest BCUT2D eigenvalue weighted by Gasteiger charge is 2.09. The van der Waals surface area contributed by atoms with Crippen molar-refractivity contribution in [3.8, 4) is 0 Å². The van der Waals surface area contributed by atoms with E-state index in [1.165, 1.54) is 19.1 Å². The van der Waals surface area contributed by atoms with Crippen molar-refractivity contribution >= 4 is 11.8 Å². The highest BCUT2D eigenvalue weighted by atomic mass is 19.1. The van der Waals surface area contributed by atoms with E-state index in [9.17, 15) is 14.0 Å². The SMILES string of the molecule is CC(=O)N(CCCN(C)C)CCNC(=O)Cc1ccc(F)cc1. The van der Waals surface area contributed by atoms with E-state index in [1.807, 2.05) is 14.1 Å². The highest BCUT2D eigenvalue weighted by molar-refractivity contribution is 5.78. The van der Waals surface area contributed by atoms with Crippen molar-refractivity contribution in [2.24, 2.45) is 0 Å². The average Bonchev–Trinajstić information content (AvgIpc) is 2.47. The van der Waals surface area contributed by atoms with E-state index < -0.39 is 0 Å². The largest absolute Gasteiger partial charge is 0.354 e. The fraction of sp³-hybridized carbons (Fsp3) is 0.529. The molecule has 0 unspecified atom stereocenters. The maximum atomic E-state index is 12.8. The van der Waals surface area contributed by atoms with Crippen LogP contribution in [0, 0.1) is 5.82 Å². The number of amides is 2. The molecule has 0 radical (unpaired) electrons. The van der Waals surface area contributed by atoms with Gasteiger partial charge in [0.1, 0.15) is 5.82 Å². The maximum absolute atomic E-state index is 12.8. The molecule has 0 saturated carbocycles. The molecule has 1 aromatic carbocycles. The number of hydrogen-bond donors (Lipinski definition) is 1. The molecule has 5 nitrogen and oxygen atoms in total. The van der Waals surface area contributed by atoms with Crippen LogP contribution in [0.4, 0.5) is 4.39 Å². The number of carbonyl (C=O) groups is 2. The Kier molecular flexibility index (Phi) is 8.26. The second-order valence-corrected chi connectivity index (χ2v) is 5.82. The van der Waals surface area contributed by atoms with Gasteiger partial charge in [0.25, 0.3) is 0 Å². The van der Waals surface area contributed by atoms with Gasteiger partial charge in [-0.3, -0.25) is 9.59 Å². The van der Waals surface area contributed by atoms with Gasteiger partial charge in [0.2, 0.25) is 11.8 Å². The molecule has 23 heavy (non-hydrogen) atoms. The molecule has 0 spiro atoms. The average molecular weight is 323 g/mol. The zero-order valence-corrected chi connectivity index (χ0v) is 14.1. The molecule has 6 heteroatoms. The Balaban J connectivity index is 2.30. The summed E-state index contributed by atoms with van der Waals surface area (Å²) < 4.78 is 12.8. The maximum Gasteiger partial charge on any atom is 0.224 e. The summed E-state index contributed by atoms with van der Waals surface area (Å²) in [7, 11) is 3.99. The number of nitrogens with zero attached hydrogens (tertiary/aromatic N) is 2. The van der Waals surface area contributed by atoms with Gasteiger partial charge < -0.3 is 15.1 Å². The Labute approximate surface area is 137 Å². The third kappa shape index (κ3) is 8.30. The number of carbonyl (C=O) groups excluding carboxylic acids is 2. The van der Waals surface area contributed by atoms with Crippen LogP contribution in [-0.4, -0.2) is 61.9 Å². The molecule has 0 fully saturated rings. The number of benzene rings is 1. The Morgan fingerprint density at radius 3 is 2.30 bits per heavy atom. The molecule has 0 atom stereocenters. The third-order valence-corrected chi connectivity index (χ3v) is 3.46. The van der Waals surface area contributed by atoms with Crippen LogP contribution in [0.5, 0.6) is 0 Å². The molecule has 0 saturated heterocycles. The second kappa shape index (κ2) is 9.94. The van der Waals surface area contributed by atoms with Gasteiger partial charge in [0.15, 0.2) is 0 Å². The number of hydrogen-bond acceptors (Lipinski definition) is 3. The Hall–Kier alpha value is -1.95. The molecule has 0 bridgehead atoms. The monoisotopic (exact) mass is 323 g/mol. The van der Waals surface area contributed by atoms with E-state index in [-0.39, 0.29) is 24.1 Å². The lowest BCUT2D eigenvalue weighted by Gasteiger charge is -2.22. The first-order valence-corrected chi connectivity index (χ1v) is 7.80. The molecular weight excluding hydrogens is 297 g/mol. The summed E-state index contributed by atoms with van der Waals surface area (Å²) in [4.78, 5) is 27.2. The van der Waals surface area contributed by atoms with Crippen molar-refractivity contribution in [2.45, 2.75) is 19.8 Å². The van der Waals surface area contributed by atoms with Crippen LogP contribution in [0.15, 0.2) is 24.3 Å². The molecule has 0 aromatic heterocycles. The Morgan fingerprint density at radius 1 is 1.09 bits per heavy atom. The number of rotatable bonds is 9. The smallest absolute Gasteiger partial charge is 0.224 e. The van der Waals surface area contributed by atoms with E-state index >= 15 is 0 Å². The Bertz CT molecular complexity index is 503. The molecule has 0 heterocycles. The molecule has 128 valence electrons. The lowest BCUT2D eigenvalue weighted by atomic mass is 10.1. The van der Waals surface area contributed by atoms with Crippen LogP contribution >= 0.6 is 0 Å². The summed E-state index contributed by atoms with van der Waals surface area (Å²) in [5.74, 6) is -0.436. The van der Waals surface area contributed by atoms with E-state index in [1.54, 1.807) is 17.0 Å². The summed E-state index contributed by atoms with van der Waals surface area (Å²) in [5, 5.41) is 2.79. The molecule has 0 aliphatic heterocycles. The van der Waals surface area contributed by atoms with Crippen molar-refractivity contribution in [1.82, 2.24) is 15.1 Å². The molecular formula is C17H26FN3O2. The standard InChI is InChI=1S/C17H26FN3O2/c1-14(22)21(11-4-10-20(2)3)12-9-19-17(23)13-15-5-7-16(18)8-6-15/h5-8H,4,9-13H2,1-3H3,(H,19,23). The topological polar surface area (TPSA) is 52.7 Å². The molecule has 1 aromatic rings. The zero-order valence-electron chi connectivity index (χ0n) is 14.1. The predicted octanol–water partition coefficient (Wildman–Crippen LogP) is 1.28. The lowest BCUT2D eigenvalue weighted by molar-refractivity contribution is -0.129. The van der Waals surface area contributed by atoms with Gasteiger partial charge in [-0.05, 0) is 44.8 Å². The fourth-order valence-corrected chi connectivity index (χ4v) is 2.18. The predicted molar refractivity (Wildman–Crippen MR) is 88.5 cm³/mol. The fourth-order valence-electron chi connectivity index (χ4n) is 2.18. The highest BCUT2D eigenvalue weighted by Crippen LogP contribution is 2.03. The minimum atomic E-state index is -0.316. The second-order valence-electron chi connectivity index (χ2n) is 5.82. The van der Waals surface area contributed by atoms with Crippen LogP contribution in [0.2, 0.25) is 0 Å². The van der Waals surface area contributed by atoms with Crippen molar-refractivity contribution in [1.29, 1.82) is 0 Å². The molecule has 2 amide bonds. The van der Waals surface area contributed by atoms with Crippen LogP contribution in [0.25, 0.3) is 0 Å². The van der Waals surface area contributed by atoms with Gasteiger partial charge in [-0.25, -0.2) is 4.39 Å². The van der Waals surface area contributed by atoms with Gasteiger partial charge in [-0.15, -0.1) is 0 Å². The number of nitrogens with one attached hydrogen (secondary N) is 1. The normalized spacial score (nSPS) is 10.7. The summed E-state index contributed by atoms with van der Waals surface area (Å²) >= 11 is 0. The lowest BCUT2D eigenvalue weighted by Crippen LogP contribution is -2.39. The minimum absolute atomic E-state index is 0.0107. The van der Waals surface area contributed by atoms with Crippen molar-refractivity contribution in [3.05, 3.63) is 35.6 Å². The van der Waals surface area contributed by atoms with Crippen LogP contribution in [-0.2, 0) is 16.0 Å². The first-order chi connectivity index (χ1) is 10.9. The minimum Gasteiger partial charge on any atom is -0.354 e. The van der Waals surface area contributed by atoms with E-state index in [4.69, 9.17) is 0 Å². The van der Waals surface area contributed by atoms with Crippen molar-refractivity contribution < 1.29 is 14.0 Å². The molecule has 0 aliphatic rings. The van der Waals surface area contributed by atoms with Gasteiger partial charge in [0.05, 0.1) is 6.42 Å². The first kappa shape index (κ1) is 19.1.